The Morgan fingerprint density at radius 3 is 2.88 bits per heavy atom. The van der Waals surface area contributed by atoms with E-state index >= 15 is 0 Å². The maximum Gasteiger partial charge on any atom is 0.218 e. The molecule has 1 saturated carbocycles. The van der Waals surface area contributed by atoms with Crippen molar-refractivity contribution in [3.05, 3.63) is 23.4 Å². The molecule has 0 aliphatic heterocycles. The van der Waals surface area contributed by atoms with E-state index in [1.54, 1.807) is 6.20 Å². The summed E-state index contributed by atoms with van der Waals surface area (Å²) < 4.78 is 5.80. The summed E-state index contributed by atoms with van der Waals surface area (Å²) in [5.41, 5.74) is 7.92. The molecule has 88 valence electrons. The number of ether oxygens (including phenoxy) is 1. The smallest absolute Gasteiger partial charge is 0.218 e. The first kappa shape index (κ1) is 11.4. The first-order valence-corrected chi connectivity index (χ1v) is 6.08. The van der Waals surface area contributed by atoms with Gasteiger partial charge in [0.2, 0.25) is 5.88 Å². The van der Waals surface area contributed by atoms with Crippen molar-refractivity contribution in [3.8, 4) is 5.88 Å². The Balaban J connectivity index is 2.00. The highest BCUT2D eigenvalue weighted by Gasteiger charge is 2.16. The van der Waals surface area contributed by atoms with Crippen molar-refractivity contribution in [1.29, 1.82) is 0 Å². The zero-order valence-corrected chi connectivity index (χ0v) is 9.91. The first-order chi connectivity index (χ1) is 7.81. The van der Waals surface area contributed by atoms with Crippen LogP contribution in [0.15, 0.2) is 12.3 Å². The van der Waals surface area contributed by atoms with Crippen LogP contribution in [0.4, 0.5) is 0 Å². The molecule has 0 atom stereocenters. The van der Waals surface area contributed by atoms with Gasteiger partial charge in [0.05, 0.1) is 6.61 Å². The van der Waals surface area contributed by atoms with Crippen LogP contribution < -0.4 is 10.5 Å². The van der Waals surface area contributed by atoms with Crippen LogP contribution in [-0.2, 0) is 6.54 Å². The van der Waals surface area contributed by atoms with E-state index in [-0.39, 0.29) is 0 Å². The molecular formula is C13H20N2O. The van der Waals surface area contributed by atoms with E-state index in [4.69, 9.17) is 10.5 Å². The van der Waals surface area contributed by atoms with E-state index in [2.05, 4.69) is 4.98 Å². The molecule has 0 saturated heterocycles. The van der Waals surface area contributed by atoms with Crippen LogP contribution in [0.1, 0.15) is 36.8 Å². The van der Waals surface area contributed by atoms with Crippen molar-refractivity contribution in [2.24, 2.45) is 11.7 Å². The number of pyridine rings is 1. The molecule has 1 heterocycles. The number of nitrogens with two attached hydrogens (primary N) is 1. The van der Waals surface area contributed by atoms with Gasteiger partial charge in [0.25, 0.3) is 0 Å². The quantitative estimate of drug-likeness (QED) is 0.847. The topological polar surface area (TPSA) is 48.1 Å². The lowest BCUT2D eigenvalue weighted by Crippen LogP contribution is -2.12. The van der Waals surface area contributed by atoms with Crippen LogP contribution in [0.25, 0.3) is 0 Å². The summed E-state index contributed by atoms with van der Waals surface area (Å²) in [6.07, 6.45) is 7.07. The maximum atomic E-state index is 5.80. The second-order valence-corrected chi connectivity index (χ2v) is 4.58. The summed E-state index contributed by atoms with van der Waals surface area (Å²) in [6, 6.07) is 1.98. The largest absolute Gasteiger partial charge is 0.477 e. The lowest BCUT2D eigenvalue weighted by molar-refractivity contribution is 0.241. The predicted molar refractivity (Wildman–Crippen MR) is 64.3 cm³/mol. The van der Waals surface area contributed by atoms with Crippen LogP contribution in [0.3, 0.4) is 0 Å². The van der Waals surface area contributed by atoms with Crippen molar-refractivity contribution in [1.82, 2.24) is 4.98 Å². The maximum absolute atomic E-state index is 5.80. The molecule has 1 aromatic rings. The van der Waals surface area contributed by atoms with Gasteiger partial charge in [-0.1, -0.05) is 12.8 Å². The molecule has 1 aliphatic carbocycles. The number of hydrogen-bond donors (Lipinski definition) is 1. The number of hydrogen-bond acceptors (Lipinski definition) is 3. The average Bonchev–Trinajstić information content (AvgIpc) is 2.79. The van der Waals surface area contributed by atoms with E-state index < -0.39 is 0 Å². The van der Waals surface area contributed by atoms with Crippen LogP contribution >= 0.6 is 0 Å². The molecule has 3 heteroatoms. The molecule has 2 N–H and O–H groups in total. The zero-order valence-electron chi connectivity index (χ0n) is 9.91. The molecule has 16 heavy (non-hydrogen) atoms. The van der Waals surface area contributed by atoms with Crippen molar-refractivity contribution < 1.29 is 4.74 Å². The van der Waals surface area contributed by atoms with Gasteiger partial charge in [0.15, 0.2) is 0 Å². The van der Waals surface area contributed by atoms with Gasteiger partial charge in [0, 0.05) is 18.3 Å². The Hall–Kier alpha value is -1.09. The summed E-state index contributed by atoms with van der Waals surface area (Å²) in [4.78, 5) is 4.27. The summed E-state index contributed by atoms with van der Waals surface area (Å²) in [7, 11) is 0. The number of nitrogens with zero attached hydrogens (tertiary/aromatic N) is 1. The van der Waals surface area contributed by atoms with E-state index in [0.717, 1.165) is 18.1 Å². The minimum absolute atomic E-state index is 0.500. The molecular weight excluding hydrogens is 200 g/mol. The summed E-state index contributed by atoms with van der Waals surface area (Å²) in [5.74, 6) is 1.45. The van der Waals surface area contributed by atoms with Gasteiger partial charge in [-0.3, -0.25) is 0 Å². The van der Waals surface area contributed by atoms with E-state index in [0.29, 0.717) is 12.5 Å². The lowest BCUT2D eigenvalue weighted by Gasteiger charge is -2.14. The van der Waals surface area contributed by atoms with Gasteiger partial charge in [-0.05, 0) is 37.3 Å². The van der Waals surface area contributed by atoms with Crippen LogP contribution in [-0.4, -0.2) is 11.6 Å². The summed E-state index contributed by atoms with van der Waals surface area (Å²) in [5, 5.41) is 0. The Kier molecular flexibility index (Phi) is 3.78. The van der Waals surface area contributed by atoms with E-state index in [1.807, 2.05) is 13.0 Å². The molecule has 1 aliphatic rings. The molecule has 3 nitrogen and oxygen atoms in total. The highest BCUT2D eigenvalue weighted by Crippen LogP contribution is 2.26. The highest BCUT2D eigenvalue weighted by atomic mass is 16.5. The Bertz CT molecular complexity index is 346. The fourth-order valence-corrected chi connectivity index (χ4v) is 2.31. The predicted octanol–water partition coefficient (Wildman–Crippen LogP) is 2.42. The number of aromatic nitrogens is 1. The van der Waals surface area contributed by atoms with Crippen LogP contribution in [0.5, 0.6) is 5.88 Å². The molecule has 1 fully saturated rings. The summed E-state index contributed by atoms with van der Waals surface area (Å²) in [6.45, 7) is 3.34. The van der Waals surface area contributed by atoms with Gasteiger partial charge in [-0.2, -0.15) is 0 Å². The van der Waals surface area contributed by atoms with Crippen molar-refractivity contribution >= 4 is 0 Å². The molecule has 1 aromatic heterocycles. The Labute approximate surface area is 97.0 Å². The van der Waals surface area contributed by atoms with Crippen LogP contribution in [0, 0.1) is 12.8 Å². The van der Waals surface area contributed by atoms with Gasteiger partial charge in [-0.15, -0.1) is 0 Å². The fourth-order valence-electron chi connectivity index (χ4n) is 2.31. The Morgan fingerprint density at radius 2 is 2.19 bits per heavy atom. The van der Waals surface area contributed by atoms with Gasteiger partial charge >= 0.3 is 0 Å². The molecule has 2 rings (SSSR count). The zero-order chi connectivity index (χ0) is 11.4. The highest BCUT2D eigenvalue weighted by molar-refractivity contribution is 5.33. The second-order valence-electron chi connectivity index (χ2n) is 4.58. The Morgan fingerprint density at radius 1 is 1.44 bits per heavy atom. The average molecular weight is 220 g/mol. The standard InChI is InChI=1S/C13H20N2O/c1-10-6-7-15-13(12(10)8-14)16-9-11-4-2-3-5-11/h6-7,11H,2-5,8-9,14H2,1H3. The monoisotopic (exact) mass is 220 g/mol. The third kappa shape index (κ3) is 2.53. The molecule has 0 unspecified atom stereocenters. The van der Waals surface area contributed by atoms with Gasteiger partial charge in [0.1, 0.15) is 0 Å². The third-order valence-electron chi connectivity index (χ3n) is 3.39. The van der Waals surface area contributed by atoms with Crippen molar-refractivity contribution in [3.63, 3.8) is 0 Å². The van der Waals surface area contributed by atoms with Crippen molar-refractivity contribution in [2.75, 3.05) is 6.61 Å². The molecule has 0 aromatic carbocycles. The first-order valence-electron chi connectivity index (χ1n) is 6.08. The second kappa shape index (κ2) is 5.30. The normalized spacial score (nSPS) is 16.6. The molecule has 0 radical (unpaired) electrons. The number of rotatable bonds is 4. The lowest BCUT2D eigenvalue weighted by atomic mass is 10.1. The SMILES string of the molecule is Cc1ccnc(OCC2CCCC2)c1CN. The molecule has 0 amide bonds. The summed E-state index contributed by atoms with van der Waals surface area (Å²) >= 11 is 0. The van der Waals surface area contributed by atoms with Gasteiger partial charge < -0.3 is 10.5 Å². The fraction of sp³-hybridized carbons (Fsp3) is 0.615. The third-order valence-corrected chi connectivity index (χ3v) is 3.39. The number of aryl methyl sites for hydroxylation is 1. The van der Waals surface area contributed by atoms with Crippen molar-refractivity contribution in [2.45, 2.75) is 39.2 Å². The molecule has 0 spiro atoms. The molecule has 0 bridgehead atoms. The van der Waals surface area contributed by atoms with Crippen LogP contribution in [0.2, 0.25) is 0 Å². The van der Waals surface area contributed by atoms with E-state index in [9.17, 15) is 0 Å². The van der Waals surface area contributed by atoms with E-state index in [1.165, 1.54) is 31.2 Å². The minimum atomic E-state index is 0.500. The minimum Gasteiger partial charge on any atom is -0.477 e. The van der Waals surface area contributed by atoms with Gasteiger partial charge in [-0.25, -0.2) is 4.98 Å².